The molecule has 0 unspecified atom stereocenters. The highest BCUT2D eigenvalue weighted by Gasteiger charge is 2.06. The van der Waals surface area contributed by atoms with Crippen LogP contribution in [-0.4, -0.2) is 11.7 Å². The number of nitrogens with zero attached hydrogens (tertiary/aromatic N) is 1. The smallest absolute Gasteiger partial charge is 0.0585 e. The summed E-state index contributed by atoms with van der Waals surface area (Å²) in [7, 11) is 0. The maximum Gasteiger partial charge on any atom is 0.0585 e. The van der Waals surface area contributed by atoms with Crippen molar-refractivity contribution in [3.8, 4) is 0 Å². The fourth-order valence-electron chi connectivity index (χ4n) is 0.191. The third-order valence-electron chi connectivity index (χ3n) is 0.437. The molecule has 0 N–H and O–H groups in total. The van der Waals surface area contributed by atoms with E-state index >= 15 is 0 Å². The Hall–Kier alpha value is -0.200. The third kappa shape index (κ3) is 5.80. The average molecular weight is 131 g/mol. The molecule has 0 aromatic rings. The lowest BCUT2D eigenvalue weighted by Crippen LogP contribution is -2.08. The second-order valence-corrected chi connectivity index (χ2v) is 2.75. The van der Waals surface area contributed by atoms with Gasteiger partial charge in [-0.05, 0) is 17.6 Å². The van der Waals surface area contributed by atoms with Crippen LogP contribution in [0.1, 0.15) is 23.5 Å². The molecule has 0 amide bonds. The van der Waals surface area contributed by atoms with Crippen LogP contribution in [0, 0.1) is 5.41 Å². The van der Waals surface area contributed by atoms with Gasteiger partial charge in [-0.2, -0.15) is 0 Å². The van der Waals surface area contributed by atoms with Gasteiger partial charge in [0.15, 0.2) is 0 Å². The lowest BCUT2D eigenvalue weighted by molar-refractivity contribution is 0.430. The van der Waals surface area contributed by atoms with Crippen molar-refractivity contribution in [2.45, 2.75) is 20.8 Å². The summed E-state index contributed by atoms with van der Waals surface area (Å²) in [6, 6.07) is 0. The predicted molar refractivity (Wildman–Crippen MR) is 39.3 cm³/mol. The van der Waals surface area contributed by atoms with E-state index in [9.17, 15) is 0 Å². The molecule has 0 heterocycles. The summed E-state index contributed by atoms with van der Waals surface area (Å²) in [5.74, 6) is 0. The lowest BCUT2D eigenvalue weighted by Gasteiger charge is -2.12. The Kier molecular flexibility index (Phi) is 1.72. The van der Waals surface area contributed by atoms with Crippen LogP contribution in [0.2, 0.25) is 0 Å². The second kappa shape index (κ2) is 2.95. The first kappa shape index (κ1) is 4.66. The van der Waals surface area contributed by atoms with E-state index in [1.165, 1.54) is 0 Å². The van der Waals surface area contributed by atoms with Crippen LogP contribution in [0.5, 0.6) is 0 Å². The molecule has 0 aromatic heterocycles. The highest BCUT2D eigenvalue weighted by molar-refractivity contribution is 7.78. The molecule has 0 aliphatic heterocycles. The quantitative estimate of drug-likeness (QED) is 0.392. The molecule has 0 fully saturated rings. The fourth-order valence-corrected chi connectivity index (χ4v) is 0.236. The molecule has 0 rings (SSSR count). The Morgan fingerprint density at radius 3 is 2.38 bits per heavy atom. The van der Waals surface area contributed by atoms with Gasteiger partial charge in [-0.25, -0.2) is 4.99 Å². The highest BCUT2D eigenvalue weighted by atomic mass is 32.1. The first-order chi connectivity index (χ1) is 4.31. The molecule has 0 radical (unpaired) electrons. The van der Waals surface area contributed by atoms with Gasteiger partial charge in [0.25, 0.3) is 0 Å². The van der Waals surface area contributed by atoms with Crippen LogP contribution in [0.15, 0.2) is 4.99 Å². The van der Waals surface area contributed by atoms with Crippen molar-refractivity contribution in [1.29, 1.82) is 0 Å². The van der Waals surface area contributed by atoms with Gasteiger partial charge >= 0.3 is 0 Å². The molecule has 0 spiro atoms. The molecule has 0 atom stereocenters. The van der Waals surface area contributed by atoms with E-state index in [4.69, 9.17) is 2.74 Å². The van der Waals surface area contributed by atoms with E-state index in [0.717, 1.165) is 0 Å². The molecule has 2 heteroatoms. The number of hydrogen-bond acceptors (Lipinski definition) is 2. The topological polar surface area (TPSA) is 12.4 Å². The van der Waals surface area contributed by atoms with Crippen molar-refractivity contribution in [3.05, 3.63) is 0 Å². The second-order valence-electron chi connectivity index (χ2n) is 2.56. The first-order valence-electron chi connectivity index (χ1n) is 3.40. The van der Waals surface area contributed by atoms with Crippen molar-refractivity contribution < 1.29 is 2.74 Å². The largest absolute Gasteiger partial charge is 0.232 e. The standard InChI is InChI=1S/C6H11NS/c1-6(2,3)4-7-5-8/h4H2,1-3H3/i4D2. The third-order valence-corrected chi connectivity index (χ3v) is 0.528. The molecular formula is C6H11NS. The molecule has 1 nitrogen and oxygen atoms in total. The maximum absolute atomic E-state index is 7.35. The highest BCUT2D eigenvalue weighted by Crippen LogP contribution is 2.11. The van der Waals surface area contributed by atoms with Gasteiger partial charge < -0.3 is 0 Å². The zero-order chi connectivity index (χ0) is 8.41. The summed E-state index contributed by atoms with van der Waals surface area (Å²) in [6.45, 7) is 3.70. The minimum absolute atomic E-state index is 0.515. The Morgan fingerprint density at radius 2 is 2.25 bits per heavy atom. The number of thiocarbonyl (C=S) groups is 1. The monoisotopic (exact) mass is 131 g/mol. The predicted octanol–water partition coefficient (Wildman–Crippen LogP) is 2.14. The van der Waals surface area contributed by atoms with Crippen molar-refractivity contribution in [3.63, 3.8) is 0 Å². The SMILES string of the molecule is [2H]C([2H])(N=C=S)C(C)(C)C. The maximum atomic E-state index is 7.35. The summed E-state index contributed by atoms with van der Waals surface area (Å²) in [6.07, 6.45) is 0. The summed E-state index contributed by atoms with van der Waals surface area (Å²) >= 11 is 4.31. The van der Waals surface area contributed by atoms with Gasteiger partial charge in [0, 0.05) is 0 Å². The summed E-state index contributed by atoms with van der Waals surface area (Å²) < 4.78 is 14.7. The molecule has 0 aromatic carbocycles. The number of isothiocyanates is 1. The van der Waals surface area contributed by atoms with E-state index < -0.39 is 11.9 Å². The zero-order valence-electron chi connectivity index (χ0n) is 7.36. The van der Waals surface area contributed by atoms with Gasteiger partial charge in [-0.15, -0.1) is 0 Å². The number of rotatable bonds is 1. The number of hydrogen-bond donors (Lipinski definition) is 0. The van der Waals surface area contributed by atoms with Crippen molar-refractivity contribution in [2.75, 3.05) is 6.50 Å². The van der Waals surface area contributed by atoms with E-state index in [2.05, 4.69) is 17.2 Å². The average Bonchev–Trinajstić information content (AvgIpc) is 1.61. The van der Waals surface area contributed by atoms with Crippen LogP contribution in [0.25, 0.3) is 0 Å². The van der Waals surface area contributed by atoms with E-state index in [1.54, 1.807) is 20.8 Å². The fraction of sp³-hybridized carbons (Fsp3) is 0.833. The Labute approximate surface area is 58.6 Å². The molecule has 0 saturated heterocycles. The van der Waals surface area contributed by atoms with Gasteiger partial charge in [-0.1, -0.05) is 20.8 Å². The first-order valence-corrected chi connectivity index (χ1v) is 2.81. The molecule has 0 bridgehead atoms. The van der Waals surface area contributed by atoms with E-state index in [0.29, 0.717) is 0 Å². The van der Waals surface area contributed by atoms with Gasteiger partial charge in [0.05, 0.1) is 14.4 Å². The summed E-state index contributed by atoms with van der Waals surface area (Å²) in [5, 5.41) is 2.05. The minimum Gasteiger partial charge on any atom is -0.232 e. The van der Waals surface area contributed by atoms with Crippen LogP contribution in [0.4, 0.5) is 0 Å². The Balaban J connectivity index is 4.56. The summed E-state index contributed by atoms with van der Waals surface area (Å²) in [4.78, 5) is 3.43. The van der Waals surface area contributed by atoms with Crippen LogP contribution in [0.3, 0.4) is 0 Å². The molecule has 0 saturated carbocycles. The molecule has 0 aliphatic rings. The van der Waals surface area contributed by atoms with Gasteiger partial charge in [0.2, 0.25) is 0 Å². The Bertz CT molecular complexity index is 165. The number of aliphatic imine (C=N–C) groups is 1. The lowest BCUT2D eigenvalue weighted by atomic mass is 9.98. The normalized spacial score (nSPS) is 15.9. The minimum atomic E-state index is -1.60. The van der Waals surface area contributed by atoms with Gasteiger partial charge in [-0.3, -0.25) is 0 Å². The molecular weight excluding hydrogens is 118 g/mol. The van der Waals surface area contributed by atoms with Gasteiger partial charge in [0.1, 0.15) is 0 Å². The van der Waals surface area contributed by atoms with E-state index in [-0.39, 0.29) is 0 Å². The van der Waals surface area contributed by atoms with Crippen LogP contribution < -0.4 is 0 Å². The van der Waals surface area contributed by atoms with Crippen LogP contribution in [-0.2, 0) is 0 Å². The summed E-state index contributed by atoms with van der Waals surface area (Å²) in [5.41, 5.74) is -0.515. The van der Waals surface area contributed by atoms with Crippen LogP contribution >= 0.6 is 12.2 Å². The van der Waals surface area contributed by atoms with Crippen molar-refractivity contribution in [2.24, 2.45) is 10.4 Å². The molecule has 8 heavy (non-hydrogen) atoms. The Morgan fingerprint density at radius 1 is 1.75 bits per heavy atom. The molecule has 0 aliphatic carbocycles. The molecule has 46 valence electrons. The van der Waals surface area contributed by atoms with E-state index in [1.807, 2.05) is 5.16 Å². The van der Waals surface area contributed by atoms with Crippen molar-refractivity contribution >= 4 is 17.4 Å². The zero-order valence-corrected chi connectivity index (χ0v) is 6.17. The van der Waals surface area contributed by atoms with Crippen molar-refractivity contribution in [1.82, 2.24) is 0 Å².